The van der Waals surface area contributed by atoms with Crippen molar-refractivity contribution < 1.29 is 72.9 Å². The van der Waals surface area contributed by atoms with Crippen LogP contribution in [0.1, 0.15) is 82.6 Å². The van der Waals surface area contributed by atoms with Crippen LogP contribution in [0.15, 0.2) is 116 Å². The Balaban J connectivity index is 0.972. The number of aromatic amines is 3. The molecule has 0 radical (unpaired) electrons. The van der Waals surface area contributed by atoms with Crippen LogP contribution >= 0.6 is 0 Å². The van der Waals surface area contributed by atoms with Crippen molar-refractivity contribution in [3.63, 3.8) is 0 Å². The summed E-state index contributed by atoms with van der Waals surface area (Å²) in [7, 11) is 0. The minimum absolute atomic E-state index is 0.0774. The third-order valence-corrected chi connectivity index (χ3v) is 18.3. The number of aromatic hydroxyl groups is 1. The molecule has 30 nitrogen and oxygen atoms in total. The molecular weight excluding hydrogens is 1300 g/mol. The fraction of sp³-hybridized carbons (Fsp3) is 0.408. The third kappa shape index (κ3) is 18.4. The number of fused-ring (bicyclic) bond motifs is 3. The molecule has 0 aliphatic carbocycles. The Labute approximate surface area is 580 Å². The molecule has 0 unspecified atom stereocenters. The maximum atomic E-state index is 15.4. The molecule has 2 fully saturated rings. The molecule has 17 N–H and O–H groups in total. The summed E-state index contributed by atoms with van der Waals surface area (Å²) >= 11 is 0. The molecule has 0 saturated carbocycles. The van der Waals surface area contributed by atoms with Gasteiger partial charge in [0.2, 0.25) is 70.9 Å². The monoisotopic (exact) mass is 1390 g/mol. The molecule has 4 aromatic carbocycles. The first-order valence-electron chi connectivity index (χ1n) is 33.6. The average Bonchev–Trinajstić information content (AvgIpc) is 1.69. The molecule has 30 heteroatoms. The van der Waals surface area contributed by atoms with E-state index in [0.717, 1.165) is 12.3 Å². The second-order valence-corrected chi connectivity index (χ2v) is 26.0. The highest BCUT2D eigenvalue weighted by Crippen LogP contribution is 2.29. The van der Waals surface area contributed by atoms with Crippen LogP contribution in [0.2, 0.25) is 0 Å². The van der Waals surface area contributed by atoms with Gasteiger partial charge in [-0.1, -0.05) is 80.6 Å². The van der Waals surface area contributed by atoms with E-state index in [2.05, 4.69) is 62.8 Å². The topological polar surface area (TPSA) is 454 Å². The number of carbonyl (C=O) groups excluding carboxylic acids is 12. The average molecular weight is 1390 g/mol. The molecule has 9 rings (SSSR count). The van der Waals surface area contributed by atoms with Gasteiger partial charge in [-0.05, 0) is 98.0 Å². The van der Waals surface area contributed by atoms with Gasteiger partial charge in [-0.25, -0.2) is 0 Å². The summed E-state index contributed by atoms with van der Waals surface area (Å²) in [5.74, 6) is -10.1. The van der Waals surface area contributed by atoms with Gasteiger partial charge in [-0.15, -0.1) is 0 Å². The minimum atomic E-state index is -1.83. The predicted molar refractivity (Wildman–Crippen MR) is 370 cm³/mol. The molecule has 3 aromatic heterocycles. The van der Waals surface area contributed by atoms with Gasteiger partial charge in [0, 0.05) is 97.0 Å². The van der Waals surface area contributed by atoms with Crippen molar-refractivity contribution >= 4 is 104 Å². The number of H-pyrrole nitrogens is 3. The van der Waals surface area contributed by atoms with Crippen molar-refractivity contribution in [3.05, 3.63) is 138 Å². The first kappa shape index (κ1) is 74.1. The van der Waals surface area contributed by atoms with E-state index in [-0.39, 0.29) is 57.4 Å². The van der Waals surface area contributed by atoms with E-state index in [4.69, 9.17) is 5.73 Å². The van der Waals surface area contributed by atoms with E-state index in [9.17, 15) is 63.3 Å². The molecule has 0 spiro atoms. The number of nitrogens with two attached hydrogens (primary N) is 1. The number of para-hydroxylation sites is 3. The number of likely N-dealkylation sites (tertiary alicyclic amines) is 2. The van der Waals surface area contributed by atoms with Crippen LogP contribution in [0.5, 0.6) is 5.75 Å². The van der Waals surface area contributed by atoms with Crippen molar-refractivity contribution in [1.82, 2.24) is 72.6 Å². The number of carbonyl (C=O) groups is 12. The van der Waals surface area contributed by atoms with Gasteiger partial charge in [0.25, 0.3) is 0 Å². The number of amides is 12. The zero-order valence-electron chi connectivity index (χ0n) is 56.6. The summed E-state index contributed by atoms with van der Waals surface area (Å²) in [4.78, 5) is 181. The Morgan fingerprint density at radius 1 is 0.465 bits per heavy atom. The van der Waals surface area contributed by atoms with Crippen molar-refractivity contribution in [1.29, 1.82) is 0 Å². The van der Waals surface area contributed by atoms with Crippen LogP contribution in [0.3, 0.4) is 0 Å². The van der Waals surface area contributed by atoms with E-state index >= 15 is 9.59 Å². The van der Waals surface area contributed by atoms with Crippen LogP contribution < -0.4 is 53.6 Å². The molecule has 101 heavy (non-hydrogen) atoms. The lowest BCUT2D eigenvalue weighted by Gasteiger charge is -2.34. The van der Waals surface area contributed by atoms with Gasteiger partial charge in [0.1, 0.15) is 72.2 Å². The quantitative estimate of drug-likeness (QED) is 0.0264. The highest BCUT2D eigenvalue weighted by molar-refractivity contribution is 6.01. The van der Waals surface area contributed by atoms with Gasteiger partial charge in [-0.3, -0.25) is 57.5 Å². The number of primary amides is 1. The number of hydrogen-bond donors (Lipinski definition) is 16. The van der Waals surface area contributed by atoms with Gasteiger partial charge in [-0.2, -0.15) is 0 Å². The third-order valence-electron chi connectivity index (χ3n) is 18.3. The van der Waals surface area contributed by atoms with Crippen LogP contribution in [-0.4, -0.2) is 204 Å². The van der Waals surface area contributed by atoms with E-state index in [1.54, 1.807) is 87.0 Å². The first-order chi connectivity index (χ1) is 48.3. The lowest BCUT2D eigenvalue weighted by Crippen LogP contribution is -2.61. The second kappa shape index (κ2) is 33.6. The van der Waals surface area contributed by atoms with E-state index < -0.39 is 156 Å². The molecule has 11 atom stereocenters. The number of aliphatic hydroxyl groups excluding tert-OH is 2. The Morgan fingerprint density at radius 2 is 0.871 bits per heavy atom. The predicted octanol–water partition coefficient (Wildman–Crippen LogP) is -0.362. The number of phenolic OH excluding ortho intramolecular Hbond substituents is 1. The molecule has 12 amide bonds. The lowest BCUT2D eigenvalue weighted by molar-refractivity contribution is -0.148. The van der Waals surface area contributed by atoms with E-state index in [0.29, 0.717) is 62.4 Å². The SMILES string of the molecule is CC(=O)N[C@@H](CO)C(=O)N[C@@H](C)C(=O)N[C@@H](Cc1c[nH]c2ccccc12)C(=O)N[C@@H](Cc1c[nH]c2ccccc12)C(=O)N[C@@H](CO)C(=O)N[C@@H](Cc1ccc(O)cc1)C(=O)N[C@@H](Cc1c[nH]c2ccccc12)C(=O)N1CCC[C@H]1C(=O)N1CCC[C@H]1C(=O)N[C@H](C(=O)N[C@@H](C)C(N)=O)C(C)C. The highest BCUT2D eigenvalue weighted by Gasteiger charge is 2.45. The maximum Gasteiger partial charge on any atom is 0.246 e. The largest absolute Gasteiger partial charge is 0.508 e. The fourth-order valence-corrected chi connectivity index (χ4v) is 12.8. The molecular formula is C71H87N15O15. The minimum Gasteiger partial charge on any atom is -0.508 e. The molecule has 2 aliphatic heterocycles. The fourth-order valence-electron chi connectivity index (χ4n) is 12.8. The van der Waals surface area contributed by atoms with E-state index in [1.165, 1.54) is 47.9 Å². The number of aliphatic hydroxyl groups is 2. The van der Waals surface area contributed by atoms with Crippen LogP contribution in [0, 0.1) is 5.92 Å². The van der Waals surface area contributed by atoms with Crippen molar-refractivity contribution in [2.24, 2.45) is 11.7 Å². The van der Waals surface area contributed by atoms with Crippen LogP contribution in [-0.2, 0) is 83.2 Å². The summed E-state index contributed by atoms with van der Waals surface area (Å²) < 4.78 is 0. The van der Waals surface area contributed by atoms with Crippen LogP contribution in [0.4, 0.5) is 0 Å². The smallest absolute Gasteiger partial charge is 0.246 e. The van der Waals surface area contributed by atoms with Gasteiger partial charge >= 0.3 is 0 Å². The van der Waals surface area contributed by atoms with Gasteiger partial charge in [0.15, 0.2) is 0 Å². The maximum absolute atomic E-state index is 15.4. The van der Waals surface area contributed by atoms with Gasteiger partial charge in [0.05, 0.1) is 13.2 Å². The summed E-state index contributed by atoms with van der Waals surface area (Å²) in [6.45, 7) is 5.67. The number of nitrogens with one attached hydrogen (secondary N) is 12. The van der Waals surface area contributed by atoms with Crippen LogP contribution in [0.25, 0.3) is 32.7 Å². The number of phenols is 1. The Morgan fingerprint density at radius 3 is 1.36 bits per heavy atom. The summed E-state index contributed by atoms with van der Waals surface area (Å²) in [5.41, 5.74) is 9.61. The first-order valence-corrected chi connectivity index (χ1v) is 33.6. The number of aromatic nitrogens is 3. The standard InChI is InChI=1S/C71H87N15O15/c1-37(2)60(69(99)76-38(3)61(72)91)84-68(98)58-20-12-26-85(58)71(101)59-21-13-27-86(59)70(100)55(31-44-34-75-51-19-11-8-16-48(44)51)82-63(93)52(28-41-22-24-45(90)25-23-41)80-67(97)57(36-88)83-65(95)54(30-43-33-74-50-18-10-7-15-47(43)50)81-64(94)53(29-42-32-73-49-17-9-6-14-46(42)49)79-62(92)39(4)77-66(96)56(35-87)78-40(5)89/h6-11,14-19,22-25,32-34,37-39,52-60,73-75,87-88,90H,12-13,20-21,26-31,35-36H2,1-5H3,(H2,72,91)(H,76,99)(H,77,96)(H,78,89)(H,79,92)(H,80,97)(H,81,94)(H,82,93)(H,83,95)(H,84,98)/t38-,39-,52-,53-,54-,55-,56-,57-,58-,59-,60-/m0/s1. The number of benzene rings is 4. The molecule has 0 bridgehead atoms. The summed E-state index contributed by atoms with van der Waals surface area (Å²) in [6, 6.07) is 12.4. The zero-order chi connectivity index (χ0) is 72.8. The molecule has 2 saturated heterocycles. The zero-order valence-corrected chi connectivity index (χ0v) is 56.6. The Hall–Kier alpha value is -11.1. The highest BCUT2D eigenvalue weighted by atomic mass is 16.3. The lowest BCUT2D eigenvalue weighted by atomic mass is 10.0. The Bertz CT molecular complexity index is 4200. The van der Waals surface area contributed by atoms with E-state index in [1.807, 2.05) is 18.2 Å². The second-order valence-electron chi connectivity index (χ2n) is 26.0. The van der Waals surface area contributed by atoms with Gasteiger partial charge < -0.3 is 93.7 Å². The molecule has 2 aliphatic rings. The number of hydrogen-bond acceptors (Lipinski definition) is 15. The molecule has 5 heterocycles. The summed E-state index contributed by atoms with van der Waals surface area (Å²) in [5, 5.41) is 56.8. The molecule has 7 aromatic rings. The van der Waals surface area contributed by atoms with Crippen molar-refractivity contribution in [2.75, 3.05) is 26.3 Å². The van der Waals surface area contributed by atoms with Crippen molar-refractivity contribution in [2.45, 2.75) is 152 Å². The Kier molecular flexibility index (Phi) is 24.7. The number of nitrogens with zero attached hydrogens (tertiary/aromatic N) is 2. The van der Waals surface area contributed by atoms with Crippen molar-refractivity contribution in [3.8, 4) is 5.75 Å². The summed E-state index contributed by atoms with van der Waals surface area (Å²) in [6.07, 6.45) is 5.37. The molecule has 536 valence electrons. The normalized spacial score (nSPS) is 17.1. The number of rotatable bonds is 31.